The van der Waals surface area contributed by atoms with Crippen molar-refractivity contribution >= 4 is 32.7 Å². The first kappa shape index (κ1) is 26.9. The number of morpholine rings is 1. The summed E-state index contributed by atoms with van der Waals surface area (Å²) in [6.07, 6.45) is 0.612. The average molecular weight is 569 g/mol. The van der Waals surface area contributed by atoms with E-state index in [0.29, 0.717) is 49.8 Å². The first-order valence-corrected chi connectivity index (χ1v) is 14.5. The summed E-state index contributed by atoms with van der Waals surface area (Å²) in [6, 6.07) is 19.1. The van der Waals surface area contributed by atoms with E-state index < -0.39 is 14.9 Å². The van der Waals surface area contributed by atoms with Crippen LogP contribution in [0.1, 0.15) is 5.56 Å². The highest BCUT2D eigenvalue weighted by molar-refractivity contribution is 7.89. The van der Waals surface area contributed by atoms with Crippen molar-refractivity contribution < 1.29 is 22.5 Å². The van der Waals surface area contributed by atoms with Gasteiger partial charge in [0.25, 0.3) is 5.69 Å². The van der Waals surface area contributed by atoms with Gasteiger partial charge in [-0.25, -0.2) is 17.8 Å². The highest BCUT2D eigenvalue weighted by atomic mass is 32.2. The molecule has 2 heterocycles. The van der Waals surface area contributed by atoms with Crippen molar-refractivity contribution in [1.82, 2.24) is 8.87 Å². The number of sulfonamides is 1. The van der Waals surface area contributed by atoms with E-state index in [1.807, 2.05) is 9.95 Å². The Balaban J connectivity index is 1.47. The molecule has 5 rings (SSSR count). The van der Waals surface area contributed by atoms with Gasteiger partial charge in [0.2, 0.25) is 10.0 Å². The van der Waals surface area contributed by atoms with E-state index in [0.717, 1.165) is 16.8 Å². The molecule has 0 atom stereocenters. The van der Waals surface area contributed by atoms with Gasteiger partial charge < -0.3 is 9.30 Å². The lowest BCUT2D eigenvalue weighted by atomic mass is 10.1. The first-order chi connectivity index (χ1) is 18.8. The van der Waals surface area contributed by atoms with E-state index in [1.165, 1.54) is 39.9 Å². The van der Waals surface area contributed by atoms with Crippen LogP contribution in [0, 0.1) is 15.9 Å². The minimum atomic E-state index is -3.61. The molecule has 0 unspecified atom stereocenters. The smallest absolute Gasteiger partial charge is 0.269 e. The molecule has 0 spiro atoms. The maximum atomic E-state index is 13.4. The summed E-state index contributed by atoms with van der Waals surface area (Å²) in [4.78, 5) is 16.3. The molecular formula is C27H25FN4O5S2. The lowest BCUT2D eigenvalue weighted by molar-refractivity contribution is -0.384. The number of hydrogen-bond acceptors (Lipinski definition) is 7. The van der Waals surface area contributed by atoms with Gasteiger partial charge in [-0.15, -0.1) is 11.3 Å². The lowest BCUT2D eigenvalue weighted by Crippen LogP contribution is -2.40. The minimum Gasteiger partial charge on any atom is -0.379 e. The number of nitro benzene ring substituents is 1. The Morgan fingerprint density at radius 1 is 0.974 bits per heavy atom. The number of hydrogen-bond donors (Lipinski definition) is 0. The van der Waals surface area contributed by atoms with E-state index in [-0.39, 0.29) is 16.4 Å². The number of ether oxygens (including phenoxy) is 1. The van der Waals surface area contributed by atoms with Crippen LogP contribution in [-0.2, 0) is 27.7 Å². The number of benzene rings is 3. The van der Waals surface area contributed by atoms with Crippen molar-refractivity contribution in [1.29, 1.82) is 0 Å². The van der Waals surface area contributed by atoms with E-state index in [2.05, 4.69) is 0 Å². The predicted octanol–water partition coefficient (Wildman–Crippen LogP) is 4.76. The second kappa shape index (κ2) is 11.6. The van der Waals surface area contributed by atoms with Crippen LogP contribution in [0.5, 0.6) is 0 Å². The Kier molecular flexibility index (Phi) is 7.98. The minimum absolute atomic E-state index is 0.00359. The van der Waals surface area contributed by atoms with Crippen molar-refractivity contribution in [3.63, 3.8) is 0 Å². The van der Waals surface area contributed by atoms with Crippen molar-refractivity contribution in [2.45, 2.75) is 17.9 Å². The second-order valence-corrected chi connectivity index (χ2v) is 11.6. The average Bonchev–Trinajstić information content (AvgIpc) is 3.35. The predicted molar refractivity (Wildman–Crippen MR) is 146 cm³/mol. The van der Waals surface area contributed by atoms with Crippen LogP contribution in [0.2, 0.25) is 0 Å². The van der Waals surface area contributed by atoms with Gasteiger partial charge in [0.05, 0.1) is 34.4 Å². The number of halogens is 1. The molecule has 1 aromatic heterocycles. The van der Waals surface area contributed by atoms with Gasteiger partial charge in [-0.2, -0.15) is 4.31 Å². The van der Waals surface area contributed by atoms with Gasteiger partial charge in [0, 0.05) is 37.1 Å². The van der Waals surface area contributed by atoms with E-state index in [4.69, 9.17) is 9.73 Å². The third-order valence-corrected chi connectivity index (χ3v) is 9.15. The van der Waals surface area contributed by atoms with E-state index >= 15 is 0 Å². The molecule has 0 bridgehead atoms. The normalized spacial score (nSPS) is 14.9. The summed E-state index contributed by atoms with van der Waals surface area (Å²) in [5.74, 6) is -0.303. The second-order valence-electron chi connectivity index (χ2n) is 8.86. The summed E-state index contributed by atoms with van der Waals surface area (Å²) in [5, 5.41) is 13.0. The molecule has 1 aliphatic rings. The highest BCUT2D eigenvalue weighted by Crippen LogP contribution is 2.25. The summed E-state index contributed by atoms with van der Waals surface area (Å²) in [5.41, 5.74) is 3.17. The monoisotopic (exact) mass is 568 g/mol. The Labute approximate surface area is 228 Å². The number of thiazole rings is 1. The fourth-order valence-corrected chi connectivity index (χ4v) is 6.61. The SMILES string of the molecule is O=[N+]([O-])c1ccc(-c2csc(=Nc3ccc(S(=O)(=O)N4CCOCC4)cc3)n2CCc2ccc(F)cc2)cc1. The number of aryl methyl sites for hydroxylation is 1. The molecule has 0 N–H and O–H groups in total. The zero-order valence-corrected chi connectivity index (χ0v) is 22.4. The van der Waals surface area contributed by atoms with Crippen LogP contribution >= 0.6 is 11.3 Å². The van der Waals surface area contributed by atoms with Gasteiger partial charge in [0.15, 0.2) is 4.80 Å². The van der Waals surface area contributed by atoms with Crippen LogP contribution in [-0.4, -0.2) is 48.5 Å². The Morgan fingerprint density at radius 2 is 1.64 bits per heavy atom. The molecular weight excluding hydrogens is 543 g/mol. The van der Waals surface area contributed by atoms with Crippen molar-refractivity contribution in [3.8, 4) is 11.3 Å². The van der Waals surface area contributed by atoms with Gasteiger partial charge in [-0.3, -0.25) is 10.1 Å². The Hall–Kier alpha value is -3.71. The topological polar surface area (TPSA) is 107 Å². The molecule has 4 aromatic rings. The quantitative estimate of drug-likeness (QED) is 0.225. The van der Waals surface area contributed by atoms with Crippen molar-refractivity contribution in [2.24, 2.45) is 4.99 Å². The summed E-state index contributed by atoms with van der Waals surface area (Å²) in [7, 11) is -3.61. The largest absolute Gasteiger partial charge is 0.379 e. The van der Waals surface area contributed by atoms with E-state index in [1.54, 1.807) is 48.5 Å². The molecule has 1 saturated heterocycles. The zero-order chi connectivity index (χ0) is 27.4. The zero-order valence-electron chi connectivity index (χ0n) is 20.8. The fraction of sp³-hybridized carbons (Fsp3) is 0.222. The van der Waals surface area contributed by atoms with Gasteiger partial charge >= 0.3 is 0 Å². The molecule has 1 fully saturated rings. The molecule has 0 aliphatic carbocycles. The molecule has 202 valence electrons. The summed E-state index contributed by atoms with van der Waals surface area (Å²) < 4.78 is 48.0. The molecule has 9 nitrogen and oxygen atoms in total. The van der Waals surface area contributed by atoms with Crippen LogP contribution in [0.4, 0.5) is 15.8 Å². The van der Waals surface area contributed by atoms with Crippen LogP contribution in [0.25, 0.3) is 11.3 Å². The standard InChI is InChI=1S/C27H25FN4O5S2/c28-22-5-1-20(2-6-22)13-14-31-26(21-3-9-24(10-4-21)32(33)34)19-38-27(31)29-23-7-11-25(12-8-23)39(35,36)30-15-17-37-18-16-30/h1-12,19H,13-18H2. The molecule has 3 aromatic carbocycles. The number of nitrogens with zero attached hydrogens (tertiary/aromatic N) is 4. The number of rotatable bonds is 8. The van der Waals surface area contributed by atoms with Crippen LogP contribution in [0.15, 0.2) is 88.1 Å². The Bertz CT molecular complexity index is 1630. The van der Waals surface area contributed by atoms with Crippen molar-refractivity contribution in [2.75, 3.05) is 26.3 Å². The number of aromatic nitrogens is 1. The van der Waals surface area contributed by atoms with Gasteiger partial charge in [-0.1, -0.05) is 12.1 Å². The van der Waals surface area contributed by atoms with Gasteiger partial charge in [0.1, 0.15) is 5.82 Å². The molecule has 0 radical (unpaired) electrons. The molecule has 39 heavy (non-hydrogen) atoms. The summed E-state index contributed by atoms with van der Waals surface area (Å²) >= 11 is 1.41. The fourth-order valence-electron chi connectivity index (χ4n) is 4.25. The molecule has 12 heteroatoms. The molecule has 1 aliphatic heterocycles. The third-order valence-electron chi connectivity index (χ3n) is 6.38. The van der Waals surface area contributed by atoms with Crippen LogP contribution < -0.4 is 4.80 Å². The lowest BCUT2D eigenvalue weighted by Gasteiger charge is -2.26. The molecule has 0 saturated carbocycles. The number of nitro groups is 1. The van der Waals surface area contributed by atoms with E-state index in [9.17, 15) is 22.9 Å². The first-order valence-electron chi connectivity index (χ1n) is 12.2. The maximum absolute atomic E-state index is 13.4. The van der Waals surface area contributed by atoms with Crippen molar-refractivity contribution in [3.05, 3.63) is 104 Å². The van der Waals surface area contributed by atoms with Gasteiger partial charge in [-0.05, 0) is 66.1 Å². The maximum Gasteiger partial charge on any atom is 0.269 e. The number of non-ortho nitro benzene ring substituents is 1. The summed E-state index contributed by atoms with van der Waals surface area (Å²) in [6.45, 7) is 1.93. The Morgan fingerprint density at radius 3 is 2.28 bits per heavy atom. The van der Waals surface area contributed by atoms with Crippen LogP contribution in [0.3, 0.4) is 0 Å². The third kappa shape index (κ3) is 6.14. The highest BCUT2D eigenvalue weighted by Gasteiger charge is 2.26. The molecule has 0 amide bonds.